The summed E-state index contributed by atoms with van der Waals surface area (Å²) in [5.41, 5.74) is 2.96. The Morgan fingerprint density at radius 3 is 2.64 bits per heavy atom. The molecule has 0 radical (unpaired) electrons. The van der Waals surface area contributed by atoms with Gasteiger partial charge in [-0.3, -0.25) is 0 Å². The minimum Gasteiger partial charge on any atom is -0.496 e. The van der Waals surface area contributed by atoms with E-state index < -0.39 is 0 Å². The molecular formula is C12H15BrO. The van der Waals surface area contributed by atoms with Crippen molar-refractivity contribution >= 4 is 15.9 Å². The first kappa shape index (κ1) is 10.0. The molecule has 14 heavy (non-hydrogen) atoms. The lowest BCUT2D eigenvalue weighted by Gasteiger charge is -2.17. The first-order chi connectivity index (χ1) is 6.73. The van der Waals surface area contributed by atoms with Crippen molar-refractivity contribution in [3.63, 3.8) is 0 Å². The Bertz CT molecular complexity index is 342. The molecule has 76 valence electrons. The average Bonchev–Trinajstić information content (AvgIpc) is 2.98. The number of methoxy groups -OCH3 is 1. The molecule has 0 saturated heterocycles. The zero-order valence-corrected chi connectivity index (χ0v) is 10.2. The van der Waals surface area contributed by atoms with Crippen molar-refractivity contribution in [2.75, 3.05) is 12.4 Å². The first-order valence-corrected chi connectivity index (χ1v) is 6.06. The quantitative estimate of drug-likeness (QED) is 0.752. The van der Waals surface area contributed by atoms with E-state index in [9.17, 15) is 0 Å². The number of hydrogen-bond acceptors (Lipinski definition) is 1. The van der Waals surface area contributed by atoms with Crippen LogP contribution in [0.25, 0.3) is 0 Å². The number of halogens is 1. The molecule has 0 N–H and O–H groups in total. The van der Waals surface area contributed by atoms with Crippen LogP contribution in [0.1, 0.15) is 24.0 Å². The van der Waals surface area contributed by atoms with E-state index in [1.54, 1.807) is 7.11 Å². The van der Waals surface area contributed by atoms with Crippen molar-refractivity contribution in [3.8, 4) is 5.75 Å². The smallest absolute Gasteiger partial charge is 0.125 e. The molecule has 2 heteroatoms. The van der Waals surface area contributed by atoms with Crippen molar-refractivity contribution in [2.24, 2.45) is 0 Å². The maximum Gasteiger partial charge on any atom is 0.125 e. The highest BCUT2D eigenvalue weighted by Crippen LogP contribution is 2.52. The Morgan fingerprint density at radius 2 is 2.14 bits per heavy atom. The lowest BCUT2D eigenvalue weighted by molar-refractivity contribution is 0.402. The van der Waals surface area contributed by atoms with E-state index in [1.807, 2.05) is 0 Å². The first-order valence-electron chi connectivity index (χ1n) is 4.93. The van der Waals surface area contributed by atoms with Crippen molar-refractivity contribution in [3.05, 3.63) is 29.3 Å². The molecular weight excluding hydrogens is 240 g/mol. The second kappa shape index (κ2) is 3.58. The van der Waals surface area contributed by atoms with Gasteiger partial charge in [-0.25, -0.2) is 0 Å². The Hall–Kier alpha value is -0.500. The third-order valence-electron chi connectivity index (χ3n) is 3.10. The molecule has 0 unspecified atom stereocenters. The Labute approximate surface area is 93.6 Å². The molecule has 0 heterocycles. The molecule has 0 aromatic heterocycles. The molecule has 0 aliphatic heterocycles. The summed E-state index contributed by atoms with van der Waals surface area (Å²) in [6.45, 7) is 2.10. The van der Waals surface area contributed by atoms with E-state index >= 15 is 0 Å². The molecule has 1 aliphatic rings. The summed E-state index contributed by atoms with van der Waals surface area (Å²) >= 11 is 3.60. The molecule has 1 aromatic carbocycles. The number of para-hydroxylation sites is 1. The number of ether oxygens (including phenoxy) is 1. The molecule has 0 amide bonds. The molecule has 1 nitrogen and oxygen atoms in total. The van der Waals surface area contributed by atoms with E-state index in [0.29, 0.717) is 5.41 Å². The predicted octanol–water partition coefficient (Wildman–Crippen LogP) is 3.43. The maximum atomic E-state index is 5.48. The largest absolute Gasteiger partial charge is 0.496 e. The second-order valence-electron chi connectivity index (χ2n) is 4.07. The van der Waals surface area contributed by atoms with Crippen molar-refractivity contribution in [1.82, 2.24) is 0 Å². The molecule has 0 spiro atoms. The van der Waals surface area contributed by atoms with E-state index in [0.717, 1.165) is 11.1 Å². The Balaban J connectivity index is 2.47. The van der Waals surface area contributed by atoms with Crippen LogP contribution >= 0.6 is 15.9 Å². The van der Waals surface area contributed by atoms with Crippen LogP contribution in [0.3, 0.4) is 0 Å². The van der Waals surface area contributed by atoms with Crippen LogP contribution in [-0.4, -0.2) is 12.4 Å². The van der Waals surface area contributed by atoms with Gasteiger partial charge in [0.1, 0.15) is 5.75 Å². The molecule has 1 aromatic rings. The molecule has 1 saturated carbocycles. The molecule has 0 atom stereocenters. The fourth-order valence-corrected chi connectivity index (χ4v) is 2.83. The van der Waals surface area contributed by atoms with Crippen molar-refractivity contribution < 1.29 is 4.74 Å². The number of alkyl halides is 1. The van der Waals surface area contributed by atoms with E-state index in [2.05, 4.69) is 41.1 Å². The minimum absolute atomic E-state index is 0.358. The van der Waals surface area contributed by atoms with Gasteiger partial charge in [0.25, 0.3) is 0 Å². The van der Waals surface area contributed by atoms with Gasteiger partial charge < -0.3 is 4.74 Å². The fourth-order valence-electron chi connectivity index (χ4n) is 1.97. The van der Waals surface area contributed by atoms with Crippen molar-refractivity contribution in [1.29, 1.82) is 0 Å². The van der Waals surface area contributed by atoms with Gasteiger partial charge in [0, 0.05) is 16.3 Å². The summed E-state index contributed by atoms with van der Waals surface area (Å²) in [6.07, 6.45) is 2.55. The highest BCUT2D eigenvalue weighted by Gasteiger charge is 2.45. The third-order valence-corrected chi connectivity index (χ3v) is 4.17. The van der Waals surface area contributed by atoms with Crippen LogP contribution in [0.4, 0.5) is 0 Å². The van der Waals surface area contributed by atoms with Gasteiger partial charge in [0.05, 0.1) is 7.11 Å². The molecule has 0 bridgehead atoms. The highest BCUT2D eigenvalue weighted by atomic mass is 79.9. The predicted molar refractivity (Wildman–Crippen MR) is 62.4 cm³/mol. The summed E-state index contributed by atoms with van der Waals surface area (Å²) in [5.74, 6) is 1.07. The number of benzene rings is 1. The number of aryl methyl sites for hydroxylation is 1. The van der Waals surface area contributed by atoms with E-state index in [1.165, 1.54) is 24.0 Å². The lowest BCUT2D eigenvalue weighted by Crippen LogP contribution is -2.10. The van der Waals surface area contributed by atoms with Gasteiger partial charge in [-0.15, -0.1) is 0 Å². The lowest BCUT2D eigenvalue weighted by atomic mass is 9.95. The maximum absolute atomic E-state index is 5.48. The summed E-state index contributed by atoms with van der Waals surface area (Å²) in [4.78, 5) is 0. The topological polar surface area (TPSA) is 9.23 Å². The summed E-state index contributed by atoms with van der Waals surface area (Å²) < 4.78 is 5.48. The second-order valence-corrected chi connectivity index (χ2v) is 4.63. The van der Waals surface area contributed by atoms with Gasteiger partial charge in [0.2, 0.25) is 0 Å². The van der Waals surface area contributed by atoms with Crippen molar-refractivity contribution in [2.45, 2.75) is 25.2 Å². The standard InChI is InChI=1S/C12H15BrO/c1-9-4-3-5-10(11(9)14-2)12(8-13)6-7-12/h3-5H,6-8H2,1-2H3. The Kier molecular flexibility index (Phi) is 2.56. The zero-order chi connectivity index (χ0) is 10.2. The van der Waals surface area contributed by atoms with Gasteiger partial charge in [-0.1, -0.05) is 34.1 Å². The fraction of sp³-hybridized carbons (Fsp3) is 0.500. The molecule has 2 rings (SSSR count). The average molecular weight is 255 g/mol. The van der Waals surface area contributed by atoms with Gasteiger partial charge >= 0.3 is 0 Å². The van der Waals surface area contributed by atoms with Crippen LogP contribution in [0.2, 0.25) is 0 Å². The zero-order valence-electron chi connectivity index (χ0n) is 8.64. The summed E-state index contributed by atoms with van der Waals surface area (Å²) in [7, 11) is 1.76. The molecule has 1 aliphatic carbocycles. The summed E-state index contributed by atoms with van der Waals surface area (Å²) in [6, 6.07) is 6.42. The van der Waals surface area contributed by atoms with Crippen LogP contribution in [-0.2, 0) is 5.41 Å². The van der Waals surface area contributed by atoms with E-state index in [4.69, 9.17) is 4.74 Å². The van der Waals surface area contributed by atoms with Gasteiger partial charge in [-0.05, 0) is 25.3 Å². The van der Waals surface area contributed by atoms with Crippen LogP contribution in [0.5, 0.6) is 5.75 Å². The van der Waals surface area contributed by atoms with Crippen LogP contribution in [0.15, 0.2) is 18.2 Å². The minimum atomic E-state index is 0.358. The SMILES string of the molecule is COc1c(C)cccc1C1(CBr)CC1. The van der Waals surface area contributed by atoms with Crippen LogP contribution in [0, 0.1) is 6.92 Å². The number of rotatable bonds is 3. The normalized spacial score (nSPS) is 17.9. The summed E-state index contributed by atoms with van der Waals surface area (Å²) in [5, 5.41) is 1.04. The molecule has 1 fully saturated rings. The number of hydrogen-bond donors (Lipinski definition) is 0. The van der Waals surface area contributed by atoms with Gasteiger partial charge in [0.15, 0.2) is 0 Å². The van der Waals surface area contributed by atoms with E-state index in [-0.39, 0.29) is 0 Å². The van der Waals surface area contributed by atoms with Crippen LogP contribution < -0.4 is 4.74 Å². The van der Waals surface area contributed by atoms with Gasteiger partial charge in [-0.2, -0.15) is 0 Å². The highest BCUT2D eigenvalue weighted by molar-refractivity contribution is 9.09. The monoisotopic (exact) mass is 254 g/mol. The third kappa shape index (κ3) is 1.46. The Morgan fingerprint density at radius 1 is 1.43 bits per heavy atom.